The van der Waals surface area contributed by atoms with Crippen LogP contribution in [0.2, 0.25) is 0 Å². The second-order valence-corrected chi connectivity index (χ2v) is 8.10. The van der Waals surface area contributed by atoms with E-state index >= 15 is 0 Å². The molecular weight excluding hydrogens is 292 g/mol. The van der Waals surface area contributed by atoms with Crippen molar-refractivity contribution in [3.05, 3.63) is 0 Å². The minimum atomic E-state index is 0.318. The second-order valence-electron chi connectivity index (χ2n) is 6.88. The van der Waals surface area contributed by atoms with Crippen molar-refractivity contribution in [2.75, 3.05) is 37.7 Å². The summed E-state index contributed by atoms with van der Waals surface area (Å²) in [4.78, 5) is 7.73. The summed E-state index contributed by atoms with van der Waals surface area (Å²) >= 11 is 2.10. The van der Waals surface area contributed by atoms with E-state index in [1.54, 1.807) is 0 Å². The van der Waals surface area contributed by atoms with Gasteiger partial charge in [-0.3, -0.25) is 9.89 Å². The fourth-order valence-corrected chi connectivity index (χ4v) is 4.54. The highest BCUT2D eigenvalue weighted by Crippen LogP contribution is 2.35. The van der Waals surface area contributed by atoms with Crippen LogP contribution in [0, 0.1) is 0 Å². The van der Waals surface area contributed by atoms with Crippen molar-refractivity contribution < 1.29 is 0 Å². The van der Waals surface area contributed by atoms with Crippen LogP contribution >= 0.6 is 11.8 Å². The van der Waals surface area contributed by atoms with Gasteiger partial charge in [-0.25, -0.2) is 0 Å². The molecule has 0 spiro atoms. The molecule has 128 valence electrons. The van der Waals surface area contributed by atoms with Gasteiger partial charge in [0, 0.05) is 42.7 Å². The summed E-state index contributed by atoms with van der Waals surface area (Å²) in [7, 11) is 0. The zero-order valence-electron chi connectivity index (χ0n) is 14.7. The van der Waals surface area contributed by atoms with Gasteiger partial charge in [-0.1, -0.05) is 19.3 Å². The molecule has 0 unspecified atom stereocenters. The number of nitrogens with zero attached hydrogens (tertiary/aromatic N) is 2. The van der Waals surface area contributed by atoms with E-state index in [2.05, 4.69) is 48.1 Å². The van der Waals surface area contributed by atoms with Crippen molar-refractivity contribution >= 4 is 17.7 Å². The van der Waals surface area contributed by atoms with Crippen molar-refractivity contribution in [2.24, 2.45) is 4.99 Å². The lowest BCUT2D eigenvalue weighted by Crippen LogP contribution is -2.55. The van der Waals surface area contributed by atoms with Gasteiger partial charge in [0.1, 0.15) is 0 Å². The van der Waals surface area contributed by atoms with Crippen LogP contribution in [0.4, 0.5) is 0 Å². The number of rotatable bonds is 5. The molecule has 1 aliphatic heterocycles. The normalized spacial score (nSPS) is 23.5. The Labute approximate surface area is 140 Å². The molecule has 22 heavy (non-hydrogen) atoms. The quantitative estimate of drug-likeness (QED) is 0.602. The summed E-state index contributed by atoms with van der Waals surface area (Å²) in [5.41, 5.74) is 0.318. The first-order valence-corrected chi connectivity index (χ1v) is 10.2. The van der Waals surface area contributed by atoms with Gasteiger partial charge in [0.15, 0.2) is 5.96 Å². The number of thioether (sulfide) groups is 1. The van der Waals surface area contributed by atoms with Crippen molar-refractivity contribution in [1.82, 2.24) is 15.5 Å². The number of aliphatic imine (C=N–C) groups is 1. The van der Waals surface area contributed by atoms with Gasteiger partial charge in [0.2, 0.25) is 0 Å². The predicted octanol–water partition coefficient (Wildman–Crippen LogP) is 2.70. The zero-order chi connectivity index (χ0) is 15.8. The maximum atomic E-state index is 4.97. The van der Waals surface area contributed by atoms with E-state index in [9.17, 15) is 0 Å². The summed E-state index contributed by atoms with van der Waals surface area (Å²) in [6, 6.07) is 0.423. The molecule has 0 aromatic rings. The second kappa shape index (κ2) is 9.02. The van der Waals surface area contributed by atoms with Gasteiger partial charge < -0.3 is 10.6 Å². The van der Waals surface area contributed by atoms with Crippen LogP contribution in [0.15, 0.2) is 4.99 Å². The SMILES string of the molecule is CCNC(=NCC1(N2CCSCC2)CCCCC1)NC(C)C. The van der Waals surface area contributed by atoms with E-state index in [-0.39, 0.29) is 0 Å². The minimum Gasteiger partial charge on any atom is -0.357 e. The topological polar surface area (TPSA) is 39.7 Å². The van der Waals surface area contributed by atoms with Crippen LogP contribution in [0.25, 0.3) is 0 Å². The predicted molar refractivity (Wildman–Crippen MR) is 99.0 cm³/mol. The Balaban J connectivity index is 2.07. The van der Waals surface area contributed by atoms with Gasteiger partial charge in [-0.15, -0.1) is 0 Å². The van der Waals surface area contributed by atoms with Crippen LogP contribution in [0.5, 0.6) is 0 Å². The Morgan fingerprint density at radius 3 is 2.45 bits per heavy atom. The Bertz CT molecular complexity index is 345. The van der Waals surface area contributed by atoms with Crippen LogP contribution in [-0.4, -0.2) is 60.1 Å². The van der Waals surface area contributed by atoms with Crippen molar-refractivity contribution in [3.63, 3.8) is 0 Å². The molecule has 2 N–H and O–H groups in total. The maximum absolute atomic E-state index is 4.97. The molecule has 0 aromatic carbocycles. The Morgan fingerprint density at radius 1 is 1.18 bits per heavy atom. The van der Waals surface area contributed by atoms with E-state index in [1.807, 2.05) is 0 Å². The zero-order valence-corrected chi connectivity index (χ0v) is 15.5. The van der Waals surface area contributed by atoms with Crippen molar-refractivity contribution in [2.45, 2.75) is 64.5 Å². The molecule has 0 amide bonds. The van der Waals surface area contributed by atoms with Crippen LogP contribution in [0.1, 0.15) is 52.9 Å². The van der Waals surface area contributed by atoms with E-state index in [0.717, 1.165) is 19.0 Å². The average Bonchev–Trinajstić information content (AvgIpc) is 2.54. The third-order valence-corrected chi connectivity index (χ3v) is 5.71. The van der Waals surface area contributed by atoms with E-state index in [0.29, 0.717) is 11.6 Å². The molecule has 0 radical (unpaired) electrons. The van der Waals surface area contributed by atoms with E-state index < -0.39 is 0 Å². The van der Waals surface area contributed by atoms with Gasteiger partial charge in [-0.2, -0.15) is 11.8 Å². The largest absolute Gasteiger partial charge is 0.357 e. The number of guanidine groups is 1. The fourth-order valence-electron chi connectivity index (χ4n) is 3.64. The Morgan fingerprint density at radius 2 is 1.86 bits per heavy atom. The monoisotopic (exact) mass is 326 g/mol. The summed E-state index contributed by atoms with van der Waals surface area (Å²) in [5.74, 6) is 3.56. The molecule has 0 bridgehead atoms. The molecule has 0 atom stereocenters. The molecule has 4 nitrogen and oxygen atoms in total. The highest BCUT2D eigenvalue weighted by Gasteiger charge is 2.38. The standard InChI is InChI=1S/C17H34N4S/c1-4-18-16(20-15(2)3)19-14-17(8-6-5-7-9-17)21-10-12-22-13-11-21/h15H,4-14H2,1-3H3,(H2,18,19,20). The summed E-state index contributed by atoms with van der Waals surface area (Å²) < 4.78 is 0. The van der Waals surface area contributed by atoms with Gasteiger partial charge >= 0.3 is 0 Å². The Kier molecular flexibility index (Phi) is 7.35. The highest BCUT2D eigenvalue weighted by atomic mass is 32.2. The minimum absolute atomic E-state index is 0.318. The van der Waals surface area contributed by atoms with Crippen LogP contribution in [-0.2, 0) is 0 Å². The smallest absolute Gasteiger partial charge is 0.191 e. The lowest BCUT2D eigenvalue weighted by Gasteiger charge is -2.47. The lowest BCUT2D eigenvalue weighted by atomic mass is 9.80. The van der Waals surface area contributed by atoms with Gasteiger partial charge in [-0.05, 0) is 33.6 Å². The first-order chi connectivity index (χ1) is 10.7. The number of hydrogen-bond donors (Lipinski definition) is 2. The first kappa shape index (κ1) is 17.9. The third-order valence-electron chi connectivity index (χ3n) is 4.77. The van der Waals surface area contributed by atoms with Crippen LogP contribution in [0.3, 0.4) is 0 Å². The molecule has 2 fully saturated rings. The third kappa shape index (κ3) is 5.05. The molecule has 2 aliphatic rings. The number of nitrogens with one attached hydrogen (secondary N) is 2. The fraction of sp³-hybridized carbons (Fsp3) is 0.941. The molecular formula is C17H34N4S. The van der Waals surface area contributed by atoms with Crippen molar-refractivity contribution in [3.8, 4) is 0 Å². The summed E-state index contributed by atoms with van der Waals surface area (Å²) in [6.45, 7) is 10.8. The molecule has 2 rings (SSSR count). The van der Waals surface area contributed by atoms with Gasteiger partial charge in [0.05, 0.1) is 6.54 Å². The lowest BCUT2D eigenvalue weighted by molar-refractivity contribution is 0.0671. The van der Waals surface area contributed by atoms with Gasteiger partial charge in [0.25, 0.3) is 0 Å². The molecule has 1 saturated heterocycles. The molecule has 1 heterocycles. The molecule has 1 aliphatic carbocycles. The number of hydrogen-bond acceptors (Lipinski definition) is 3. The Hall–Kier alpha value is -0.420. The summed E-state index contributed by atoms with van der Waals surface area (Å²) in [6.07, 6.45) is 6.78. The van der Waals surface area contributed by atoms with Crippen LogP contribution < -0.4 is 10.6 Å². The molecule has 0 aromatic heterocycles. The highest BCUT2D eigenvalue weighted by molar-refractivity contribution is 7.99. The average molecular weight is 327 g/mol. The molecule has 5 heteroatoms. The van der Waals surface area contributed by atoms with Crippen molar-refractivity contribution in [1.29, 1.82) is 0 Å². The molecule has 1 saturated carbocycles. The van der Waals surface area contributed by atoms with E-state index in [1.165, 1.54) is 56.7 Å². The first-order valence-electron chi connectivity index (χ1n) is 9.04. The van der Waals surface area contributed by atoms with E-state index in [4.69, 9.17) is 4.99 Å². The maximum Gasteiger partial charge on any atom is 0.191 e. The summed E-state index contributed by atoms with van der Waals surface area (Å²) in [5, 5.41) is 6.85.